The summed E-state index contributed by atoms with van der Waals surface area (Å²) in [6.07, 6.45) is 3.26. The Morgan fingerprint density at radius 3 is 2.50 bits per heavy atom. The Balaban J connectivity index is 2.25. The predicted octanol–water partition coefficient (Wildman–Crippen LogP) is 2.81. The molecule has 2 nitrogen and oxygen atoms in total. The van der Waals surface area contributed by atoms with Gasteiger partial charge in [-0.2, -0.15) is 0 Å². The lowest BCUT2D eigenvalue weighted by Crippen LogP contribution is -2.31. The molecule has 1 aromatic carbocycles. The largest absolute Gasteiger partial charge is 0.395 e. The first-order chi connectivity index (χ1) is 8.68. The van der Waals surface area contributed by atoms with Gasteiger partial charge in [-0.05, 0) is 49.4 Å². The molecule has 0 aliphatic carbocycles. The molecule has 0 bridgehead atoms. The summed E-state index contributed by atoms with van der Waals surface area (Å²) in [7, 11) is 0. The molecule has 1 saturated heterocycles. The Morgan fingerprint density at radius 1 is 1.17 bits per heavy atom. The molecule has 0 radical (unpaired) electrons. The molecule has 1 aliphatic rings. The second-order valence-electron chi connectivity index (χ2n) is 5.82. The third-order valence-corrected chi connectivity index (χ3v) is 4.28. The maximum atomic E-state index is 9.87. The lowest BCUT2D eigenvalue weighted by molar-refractivity contribution is 0.179. The minimum atomic E-state index is -0.0288. The first kappa shape index (κ1) is 13.6. The van der Waals surface area contributed by atoms with Crippen LogP contribution in [0.15, 0.2) is 24.3 Å². The molecule has 0 saturated carbocycles. The summed E-state index contributed by atoms with van der Waals surface area (Å²) in [4.78, 5) is 0. The second kappa shape index (κ2) is 5.85. The number of hydrogen-bond donors (Lipinski definition) is 2. The summed E-state index contributed by atoms with van der Waals surface area (Å²) in [5.74, 6) is 0.569. The first-order valence-corrected chi connectivity index (χ1v) is 7.10. The molecule has 0 amide bonds. The van der Waals surface area contributed by atoms with Crippen LogP contribution < -0.4 is 5.32 Å². The van der Waals surface area contributed by atoms with Crippen LogP contribution in [0.3, 0.4) is 0 Å². The predicted molar refractivity (Wildman–Crippen MR) is 76.0 cm³/mol. The molecular weight excluding hydrogens is 222 g/mol. The van der Waals surface area contributed by atoms with Gasteiger partial charge in [-0.3, -0.25) is 0 Å². The Hall–Kier alpha value is -0.860. The van der Waals surface area contributed by atoms with Gasteiger partial charge in [-0.1, -0.05) is 38.1 Å². The molecule has 2 rings (SSSR count). The average Bonchev–Trinajstić information content (AvgIpc) is 2.65. The quantitative estimate of drug-likeness (QED) is 0.861. The molecule has 1 unspecified atom stereocenters. The average molecular weight is 247 g/mol. The molecule has 1 fully saturated rings. The Bertz CT molecular complexity index is 361. The topological polar surface area (TPSA) is 32.3 Å². The molecule has 2 N–H and O–H groups in total. The number of rotatable bonds is 3. The fourth-order valence-corrected chi connectivity index (χ4v) is 2.89. The monoisotopic (exact) mass is 247 g/mol. The van der Waals surface area contributed by atoms with Gasteiger partial charge in [-0.15, -0.1) is 0 Å². The van der Waals surface area contributed by atoms with E-state index >= 15 is 0 Å². The SMILES string of the molecule is CC(C)c1ccc(C2(CO)CCCNCC2)cc1. The van der Waals surface area contributed by atoms with Crippen molar-refractivity contribution >= 4 is 0 Å². The highest BCUT2D eigenvalue weighted by Gasteiger charge is 2.32. The van der Waals surface area contributed by atoms with Crippen molar-refractivity contribution in [1.82, 2.24) is 5.32 Å². The van der Waals surface area contributed by atoms with Crippen molar-refractivity contribution in [3.63, 3.8) is 0 Å². The maximum Gasteiger partial charge on any atom is 0.0528 e. The first-order valence-electron chi connectivity index (χ1n) is 7.10. The van der Waals surface area contributed by atoms with Gasteiger partial charge in [0.05, 0.1) is 6.61 Å². The fraction of sp³-hybridized carbons (Fsp3) is 0.625. The third-order valence-electron chi connectivity index (χ3n) is 4.28. The lowest BCUT2D eigenvalue weighted by Gasteiger charge is -2.31. The summed E-state index contributed by atoms with van der Waals surface area (Å²) in [6, 6.07) is 8.87. The van der Waals surface area contributed by atoms with E-state index in [1.807, 2.05) is 0 Å². The number of benzene rings is 1. The zero-order valence-corrected chi connectivity index (χ0v) is 11.6. The van der Waals surface area contributed by atoms with E-state index in [2.05, 4.69) is 43.4 Å². The van der Waals surface area contributed by atoms with Crippen molar-refractivity contribution < 1.29 is 5.11 Å². The Morgan fingerprint density at radius 2 is 1.89 bits per heavy atom. The van der Waals surface area contributed by atoms with E-state index in [0.717, 1.165) is 32.4 Å². The van der Waals surface area contributed by atoms with Gasteiger partial charge < -0.3 is 10.4 Å². The van der Waals surface area contributed by atoms with E-state index in [1.54, 1.807) is 0 Å². The molecule has 2 heteroatoms. The highest BCUT2D eigenvalue weighted by atomic mass is 16.3. The molecule has 0 spiro atoms. The van der Waals surface area contributed by atoms with Crippen molar-refractivity contribution in [2.24, 2.45) is 0 Å². The van der Waals surface area contributed by atoms with Crippen LogP contribution >= 0.6 is 0 Å². The van der Waals surface area contributed by atoms with E-state index in [0.29, 0.717) is 5.92 Å². The van der Waals surface area contributed by atoms with Crippen LogP contribution in [-0.4, -0.2) is 24.8 Å². The van der Waals surface area contributed by atoms with Crippen molar-refractivity contribution in [3.05, 3.63) is 35.4 Å². The highest BCUT2D eigenvalue weighted by Crippen LogP contribution is 2.34. The molecule has 1 aliphatic heterocycles. The van der Waals surface area contributed by atoms with Crippen LogP contribution in [0, 0.1) is 0 Å². The van der Waals surface area contributed by atoms with Gasteiger partial charge in [0.15, 0.2) is 0 Å². The smallest absolute Gasteiger partial charge is 0.0528 e. The number of aliphatic hydroxyl groups is 1. The summed E-state index contributed by atoms with van der Waals surface area (Å²) in [5.41, 5.74) is 2.65. The van der Waals surface area contributed by atoms with E-state index in [1.165, 1.54) is 11.1 Å². The molecule has 0 aromatic heterocycles. The van der Waals surface area contributed by atoms with Gasteiger partial charge in [0.1, 0.15) is 0 Å². The molecular formula is C16H25NO. The molecule has 1 heterocycles. The van der Waals surface area contributed by atoms with Gasteiger partial charge in [-0.25, -0.2) is 0 Å². The minimum absolute atomic E-state index is 0.0288. The molecule has 18 heavy (non-hydrogen) atoms. The van der Waals surface area contributed by atoms with Crippen molar-refractivity contribution in [3.8, 4) is 0 Å². The van der Waals surface area contributed by atoms with Crippen LogP contribution in [0.2, 0.25) is 0 Å². The summed E-state index contributed by atoms with van der Waals surface area (Å²) in [6.45, 7) is 6.77. The summed E-state index contributed by atoms with van der Waals surface area (Å²) < 4.78 is 0. The zero-order valence-electron chi connectivity index (χ0n) is 11.6. The van der Waals surface area contributed by atoms with Crippen molar-refractivity contribution in [1.29, 1.82) is 0 Å². The molecule has 1 aromatic rings. The number of aliphatic hydroxyl groups excluding tert-OH is 1. The minimum Gasteiger partial charge on any atom is -0.395 e. The Labute approximate surface area is 110 Å². The molecule has 100 valence electrons. The van der Waals surface area contributed by atoms with Crippen LogP contribution in [-0.2, 0) is 5.41 Å². The zero-order chi connectivity index (χ0) is 13.0. The lowest BCUT2D eigenvalue weighted by atomic mass is 9.75. The number of hydrogen-bond acceptors (Lipinski definition) is 2. The van der Waals surface area contributed by atoms with Crippen LogP contribution in [0.1, 0.15) is 50.2 Å². The molecule has 1 atom stereocenters. The van der Waals surface area contributed by atoms with Crippen LogP contribution in [0.5, 0.6) is 0 Å². The van der Waals surface area contributed by atoms with Gasteiger partial charge in [0.2, 0.25) is 0 Å². The van der Waals surface area contributed by atoms with Crippen LogP contribution in [0.4, 0.5) is 0 Å². The second-order valence-corrected chi connectivity index (χ2v) is 5.82. The van der Waals surface area contributed by atoms with Gasteiger partial charge in [0.25, 0.3) is 0 Å². The van der Waals surface area contributed by atoms with Crippen molar-refractivity contribution in [2.45, 2.75) is 44.4 Å². The van der Waals surface area contributed by atoms with Gasteiger partial charge in [0, 0.05) is 5.41 Å². The number of nitrogens with one attached hydrogen (secondary N) is 1. The standard InChI is InChI=1S/C16H25NO/c1-13(2)14-4-6-15(7-5-14)16(12-18)8-3-10-17-11-9-16/h4-7,13,17-18H,3,8-12H2,1-2H3. The van der Waals surface area contributed by atoms with E-state index < -0.39 is 0 Å². The van der Waals surface area contributed by atoms with Crippen molar-refractivity contribution in [2.75, 3.05) is 19.7 Å². The highest BCUT2D eigenvalue weighted by molar-refractivity contribution is 5.31. The maximum absolute atomic E-state index is 9.87. The van der Waals surface area contributed by atoms with E-state index in [4.69, 9.17) is 0 Å². The Kier molecular flexibility index (Phi) is 4.41. The third kappa shape index (κ3) is 2.76. The van der Waals surface area contributed by atoms with E-state index in [9.17, 15) is 5.11 Å². The van der Waals surface area contributed by atoms with Crippen LogP contribution in [0.25, 0.3) is 0 Å². The fourth-order valence-electron chi connectivity index (χ4n) is 2.89. The normalized spacial score (nSPS) is 25.1. The van der Waals surface area contributed by atoms with Gasteiger partial charge >= 0.3 is 0 Å². The summed E-state index contributed by atoms with van der Waals surface area (Å²) in [5, 5.41) is 13.3. The van der Waals surface area contributed by atoms with E-state index in [-0.39, 0.29) is 12.0 Å². The summed E-state index contributed by atoms with van der Waals surface area (Å²) >= 11 is 0.